The fourth-order valence-corrected chi connectivity index (χ4v) is 2.43. The SMILES string of the molecule is [CH2-]N1CCC(c2nccs2)CC1.[W]. The number of piperidine rings is 1. The monoisotopic (exact) mass is 365 g/mol. The van der Waals surface area contributed by atoms with Gasteiger partial charge in [0.15, 0.2) is 0 Å². The molecule has 1 saturated heterocycles. The average molecular weight is 365 g/mol. The fourth-order valence-electron chi connectivity index (χ4n) is 1.62. The minimum Gasteiger partial charge on any atom is -0.459 e. The van der Waals surface area contributed by atoms with Crippen LogP contribution in [-0.2, 0) is 21.1 Å². The van der Waals surface area contributed by atoms with Gasteiger partial charge in [-0.1, -0.05) is 0 Å². The molecule has 2 rings (SSSR count). The topological polar surface area (TPSA) is 16.1 Å². The summed E-state index contributed by atoms with van der Waals surface area (Å²) < 4.78 is 0. The van der Waals surface area contributed by atoms with Gasteiger partial charge in [-0.3, -0.25) is 7.05 Å². The Morgan fingerprint density at radius 1 is 1.46 bits per heavy atom. The first kappa shape index (κ1) is 11.4. The Labute approximate surface area is 97.6 Å². The standard InChI is InChI=1S/C9H13N2S.W/c1-11-5-2-8(3-6-11)9-10-4-7-12-9;/h4,7-8H,1-3,5-6H2;/q-1;. The van der Waals surface area contributed by atoms with Crippen LogP contribution >= 0.6 is 11.3 Å². The molecule has 1 aliphatic rings. The number of rotatable bonds is 1. The first-order valence-electron chi connectivity index (χ1n) is 4.31. The van der Waals surface area contributed by atoms with E-state index in [1.165, 1.54) is 17.8 Å². The van der Waals surface area contributed by atoms with Crippen LogP contribution in [0.25, 0.3) is 0 Å². The van der Waals surface area contributed by atoms with E-state index in [0.29, 0.717) is 5.92 Å². The fraction of sp³-hybridized carbons (Fsp3) is 0.556. The Morgan fingerprint density at radius 2 is 2.15 bits per heavy atom. The van der Waals surface area contributed by atoms with Crippen LogP contribution in [0.3, 0.4) is 0 Å². The van der Waals surface area contributed by atoms with Crippen molar-refractivity contribution in [3.05, 3.63) is 23.6 Å². The molecule has 72 valence electrons. The maximum Gasteiger partial charge on any atom is 0.0956 e. The quantitative estimate of drug-likeness (QED) is 0.709. The molecule has 2 heterocycles. The Balaban J connectivity index is 0.000000845. The molecular formula is C9H13N2SW-. The minimum atomic E-state index is 0. The van der Waals surface area contributed by atoms with E-state index in [-0.39, 0.29) is 21.1 Å². The van der Waals surface area contributed by atoms with Crippen LogP contribution in [0.4, 0.5) is 0 Å². The molecule has 0 spiro atoms. The summed E-state index contributed by atoms with van der Waals surface area (Å²) in [6.07, 6.45) is 4.34. The summed E-state index contributed by atoms with van der Waals surface area (Å²) in [4.78, 5) is 6.49. The molecule has 0 radical (unpaired) electrons. The van der Waals surface area contributed by atoms with Crippen molar-refractivity contribution in [1.29, 1.82) is 0 Å². The predicted octanol–water partition coefficient (Wildman–Crippen LogP) is 2.11. The van der Waals surface area contributed by atoms with E-state index in [4.69, 9.17) is 0 Å². The number of aromatic nitrogens is 1. The molecule has 0 aromatic carbocycles. The summed E-state index contributed by atoms with van der Waals surface area (Å²) in [6.45, 7) is 2.23. The van der Waals surface area contributed by atoms with Crippen molar-refractivity contribution in [2.24, 2.45) is 0 Å². The molecule has 1 aliphatic heterocycles. The van der Waals surface area contributed by atoms with Crippen LogP contribution in [0.15, 0.2) is 11.6 Å². The van der Waals surface area contributed by atoms with E-state index in [1.807, 2.05) is 6.20 Å². The van der Waals surface area contributed by atoms with Crippen LogP contribution in [0.5, 0.6) is 0 Å². The Kier molecular flexibility index (Phi) is 4.57. The Bertz CT molecular complexity index is 230. The molecule has 0 amide bonds. The van der Waals surface area contributed by atoms with Crippen molar-refractivity contribution in [2.75, 3.05) is 13.1 Å². The van der Waals surface area contributed by atoms with Crippen molar-refractivity contribution in [3.8, 4) is 0 Å². The summed E-state index contributed by atoms with van der Waals surface area (Å²) in [5, 5.41) is 3.37. The zero-order valence-corrected chi connectivity index (χ0v) is 11.2. The largest absolute Gasteiger partial charge is 0.459 e. The zero-order valence-electron chi connectivity index (χ0n) is 7.48. The molecule has 1 aromatic rings. The smallest absolute Gasteiger partial charge is 0.0956 e. The van der Waals surface area contributed by atoms with Gasteiger partial charge in [0.05, 0.1) is 5.01 Å². The van der Waals surface area contributed by atoms with Crippen LogP contribution in [0.2, 0.25) is 0 Å². The molecule has 0 unspecified atom stereocenters. The van der Waals surface area contributed by atoms with E-state index in [9.17, 15) is 0 Å². The molecule has 0 atom stereocenters. The van der Waals surface area contributed by atoms with Gasteiger partial charge in [0.1, 0.15) is 0 Å². The Hall–Kier alpha value is 0.278. The second kappa shape index (κ2) is 5.23. The van der Waals surface area contributed by atoms with Crippen molar-refractivity contribution in [2.45, 2.75) is 18.8 Å². The molecule has 4 heteroatoms. The van der Waals surface area contributed by atoms with Gasteiger partial charge in [0.25, 0.3) is 0 Å². The predicted molar refractivity (Wildman–Crippen MR) is 51.0 cm³/mol. The third-order valence-electron chi connectivity index (χ3n) is 2.39. The first-order valence-corrected chi connectivity index (χ1v) is 5.19. The molecule has 13 heavy (non-hydrogen) atoms. The van der Waals surface area contributed by atoms with E-state index in [0.717, 1.165) is 13.1 Å². The number of hydrogen-bond donors (Lipinski definition) is 0. The first-order chi connectivity index (χ1) is 5.86. The van der Waals surface area contributed by atoms with Crippen molar-refractivity contribution < 1.29 is 21.1 Å². The summed E-state index contributed by atoms with van der Waals surface area (Å²) in [6, 6.07) is 0. The van der Waals surface area contributed by atoms with Gasteiger partial charge >= 0.3 is 0 Å². The third kappa shape index (κ3) is 2.86. The van der Waals surface area contributed by atoms with Crippen LogP contribution in [0, 0.1) is 7.05 Å². The van der Waals surface area contributed by atoms with Crippen LogP contribution in [0.1, 0.15) is 23.8 Å². The number of hydrogen-bond acceptors (Lipinski definition) is 3. The van der Waals surface area contributed by atoms with Crippen molar-refractivity contribution in [1.82, 2.24) is 9.88 Å². The molecule has 2 nitrogen and oxygen atoms in total. The van der Waals surface area contributed by atoms with Gasteiger partial charge in [-0.15, -0.1) is 11.3 Å². The molecule has 0 aliphatic carbocycles. The van der Waals surface area contributed by atoms with E-state index in [1.54, 1.807) is 11.3 Å². The second-order valence-electron chi connectivity index (χ2n) is 3.26. The Morgan fingerprint density at radius 3 is 2.69 bits per heavy atom. The van der Waals surface area contributed by atoms with E-state index in [2.05, 4.69) is 22.3 Å². The van der Waals surface area contributed by atoms with Gasteiger partial charge < -0.3 is 4.90 Å². The molecule has 1 fully saturated rings. The molecule has 0 bridgehead atoms. The number of nitrogens with zero attached hydrogens (tertiary/aromatic N) is 2. The van der Waals surface area contributed by atoms with E-state index < -0.39 is 0 Å². The van der Waals surface area contributed by atoms with Crippen LogP contribution < -0.4 is 0 Å². The summed E-state index contributed by atoms with van der Waals surface area (Å²) in [7, 11) is 3.93. The summed E-state index contributed by atoms with van der Waals surface area (Å²) in [5.41, 5.74) is 0. The minimum absolute atomic E-state index is 0. The van der Waals surface area contributed by atoms with Gasteiger partial charge in [-0.25, -0.2) is 4.98 Å². The zero-order chi connectivity index (χ0) is 8.39. The maximum atomic E-state index is 4.34. The van der Waals surface area contributed by atoms with Gasteiger partial charge in [0.2, 0.25) is 0 Å². The molecular weight excluding hydrogens is 352 g/mol. The van der Waals surface area contributed by atoms with Crippen molar-refractivity contribution in [3.63, 3.8) is 0 Å². The van der Waals surface area contributed by atoms with Crippen molar-refractivity contribution >= 4 is 11.3 Å². The molecule has 0 N–H and O–H groups in total. The third-order valence-corrected chi connectivity index (χ3v) is 3.33. The average Bonchev–Trinajstić information content (AvgIpc) is 2.58. The summed E-state index contributed by atoms with van der Waals surface area (Å²) >= 11 is 1.78. The molecule has 1 aromatic heterocycles. The number of thiazole rings is 1. The normalized spacial score (nSPS) is 19.8. The number of likely N-dealkylation sites (tertiary alicyclic amines) is 1. The second-order valence-corrected chi connectivity index (χ2v) is 4.19. The summed E-state index contributed by atoms with van der Waals surface area (Å²) in [5.74, 6) is 0.697. The maximum absolute atomic E-state index is 4.34. The molecule has 0 saturated carbocycles. The van der Waals surface area contributed by atoms with Gasteiger partial charge in [-0.2, -0.15) is 0 Å². The van der Waals surface area contributed by atoms with Gasteiger partial charge in [-0.05, 0) is 25.9 Å². The van der Waals surface area contributed by atoms with Gasteiger partial charge in [0, 0.05) is 38.6 Å². The van der Waals surface area contributed by atoms with Crippen LogP contribution in [-0.4, -0.2) is 23.0 Å². The van der Waals surface area contributed by atoms with E-state index >= 15 is 0 Å².